The summed E-state index contributed by atoms with van der Waals surface area (Å²) in [6.07, 6.45) is 3.01. The fourth-order valence-corrected chi connectivity index (χ4v) is 3.57. The average Bonchev–Trinajstić information content (AvgIpc) is 3.13. The summed E-state index contributed by atoms with van der Waals surface area (Å²) in [4.78, 5) is 14.4. The Balaban J connectivity index is 1.62. The van der Waals surface area contributed by atoms with Gasteiger partial charge in [-0.1, -0.05) is 41.3 Å². The largest absolute Gasteiger partial charge is 0.351 e. The zero-order valence-corrected chi connectivity index (χ0v) is 16.3. The fraction of sp³-hybridized carbons (Fsp3) is 0.474. The lowest BCUT2D eigenvalue weighted by Gasteiger charge is -2.31. The van der Waals surface area contributed by atoms with E-state index < -0.39 is 0 Å². The number of aromatic nitrogens is 1. The summed E-state index contributed by atoms with van der Waals surface area (Å²) in [6, 6.07) is 7.53. The molecular formula is C19H23Cl2N3O2. The van der Waals surface area contributed by atoms with Crippen molar-refractivity contribution in [1.29, 1.82) is 0 Å². The summed E-state index contributed by atoms with van der Waals surface area (Å²) in [5.41, 5.74) is 1.99. The lowest BCUT2D eigenvalue weighted by atomic mass is 9.94. The Morgan fingerprint density at radius 1 is 1.35 bits per heavy atom. The molecule has 2 heterocycles. The minimum absolute atomic E-state index is 0.200. The first kappa shape index (κ1) is 19.2. The molecule has 140 valence electrons. The molecule has 1 aromatic heterocycles. The minimum Gasteiger partial charge on any atom is -0.351 e. The van der Waals surface area contributed by atoms with Crippen molar-refractivity contribution in [3.05, 3.63) is 51.3 Å². The molecule has 1 aliphatic rings. The number of rotatable bonds is 6. The van der Waals surface area contributed by atoms with Crippen molar-refractivity contribution in [2.45, 2.75) is 38.6 Å². The number of nitrogens with one attached hydrogen (secondary N) is 1. The van der Waals surface area contributed by atoms with E-state index in [-0.39, 0.29) is 17.6 Å². The zero-order valence-electron chi connectivity index (χ0n) is 14.8. The number of nitrogens with zero attached hydrogens (tertiary/aromatic N) is 2. The molecule has 1 aromatic carbocycles. The van der Waals surface area contributed by atoms with Gasteiger partial charge in [-0.05, 0) is 43.5 Å². The molecule has 1 fully saturated rings. The third kappa shape index (κ3) is 4.78. The molecule has 0 saturated carbocycles. The Bertz CT molecular complexity index is 763. The van der Waals surface area contributed by atoms with Gasteiger partial charge in [0.15, 0.2) is 0 Å². The predicted molar refractivity (Wildman–Crippen MR) is 103 cm³/mol. The van der Waals surface area contributed by atoms with E-state index in [1.807, 2.05) is 25.1 Å². The number of halogens is 2. The minimum atomic E-state index is -0.200. The van der Waals surface area contributed by atoms with Crippen LogP contribution in [-0.4, -0.2) is 35.6 Å². The van der Waals surface area contributed by atoms with Gasteiger partial charge in [0.1, 0.15) is 0 Å². The summed E-state index contributed by atoms with van der Waals surface area (Å²) in [5.74, 6) is 0.354. The first-order valence-corrected chi connectivity index (χ1v) is 9.73. The van der Waals surface area contributed by atoms with Crippen molar-refractivity contribution in [2.24, 2.45) is 0 Å². The van der Waals surface area contributed by atoms with Gasteiger partial charge >= 0.3 is 0 Å². The number of piperidine rings is 1. The number of hydrogen-bond acceptors (Lipinski definition) is 4. The molecule has 0 bridgehead atoms. The van der Waals surface area contributed by atoms with E-state index in [1.54, 1.807) is 6.07 Å². The highest BCUT2D eigenvalue weighted by Gasteiger charge is 2.25. The van der Waals surface area contributed by atoms with Crippen molar-refractivity contribution in [1.82, 2.24) is 15.4 Å². The molecule has 1 amide bonds. The average molecular weight is 396 g/mol. The molecule has 1 N–H and O–H groups in total. The number of carbonyl (C=O) groups excluding carboxylic acids is 1. The van der Waals surface area contributed by atoms with Crippen LogP contribution in [0, 0.1) is 0 Å². The van der Waals surface area contributed by atoms with Crippen molar-refractivity contribution < 1.29 is 9.32 Å². The quantitative estimate of drug-likeness (QED) is 0.781. The maximum atomic E-state index is 12.0. The SMILES string of the molecule is CCCNC(=O)c1cc([C@@H]2CCCN(Cc3ccc(Cl)c(Cl)c3)C2)no1. The molecule has 3 rings (SSSR count). The molecular weight excluding hydrogens is 373 g/mol. The lowest BCUT2D eigenvalue weighted by Crippen LogP contribution is -2.34. The van der Waals surface area contributed by atoms with Gasteiger partial charge in [-0.25, -0.2) is 0 Å². The number of amides is 1. The van der Waals surface area contributed by atoms with Gasteiger partial charge in [-0.2, -0.15) is 0 Å². The molecule has 0 spiro atoms. The maximum absolute atomic E-state index is 12.0. The van der Waals surface area contributed by atoms with E-state index in [0.29, 0.717) is 16.6 Å². The smallest absolute Gasteiger partial charge is 0.289 e. The van der Waals surface area contributed by atoms with Gasteiger partial charge in [-0.3, -0.25) is 9.69 Å². The van der Waals surface area contributed by atoms with Gasteiger partial charge in [0, 0.05) is 31.6 Å². The van der Waals surface area contributed by atoms with E-state index in [4.69, 9.17) is 27.7 Å². The Kier molecular flexibility index (Phi) is 6.57. The summed E-state index contributed by atoms with van der Waals surface area (Å²) >= 11 is 12.1. The number of carbonyl (C=O) groups is 1. The second kappa shape index (κ2) is 8.89. The van der Waals surface area contributed by atoms with Crippen LogP contribution in [0.4, 0.5) is 0 Å². The van der Waals surface area contributed by atoms with Gasteiger partial charge in [-0.15, -0.1) is 0 Å². The Labute approximate surface area is 163 Å². The molecule has 1 aliphatic heterocycles. The Morgan fingerprint density at radius 2 is 2.19 bits per heavy atom. The standard InChI is InChI=1S/C19H23Cl2N3O2/c1-2-7-22-19(25)18-10-17(23-26-18)14-4-3-8-24(12-14)11-13-5-6-15(20)16(21)9-13/h5-6,9-10,14H,2-4,7-8,11-12H2,1H3,(H,22,25)/t14-/m1/s1. The maximum Gasteiger partial charge on any atom is 0.289 e. The molecule has 5 nitrogen and oxygen atoms in total. The summed E-state index contributed by atoms with van der Waals surface area (Å²) < 4.78 is 5.25. The number of likely N-dealkylation sites (tertiary alicyclic amines) is 1. The van der Waals surface area contributed by atoms with Crippen LogP contribution in [0.3, 0.4) is 0 Å². The normalized spacial score (nSPS) is 18.0. The first-order chi connectivity index (χ1) is 12.6. The molecule has 1 atom stereocenters. The van der Waals surface area contributed by atoms with Gasteiger partial charge in [0.25, 0.3) is 5.91 Å². The fourth-order valence-electron chi connectivity index (χ4n) is 3.25. The van der Waals surface area contributed by atoms with E-state index in [2.05, 4.69) is 15.4 Å². The van der Waals surface area contributed by atoms with Crippen molar-refractivity contribution >= 4 is 29.1 Å². The van der Waals surface area contributed by atoms with Crippen LogP contribution < -0.4 is 5.32 Å². The predicted octanol–water partition coefficient (Wildman–Crippen LogP) is 4.50. The van der Waals surface area contributed by atoms with E-state index >= 15 is 0 Å². The molecule has 0 aliphatic carbocycles. The monoisotopic (exact) mass is 395 g/mol. The lowest BCUT2D eigenvalue weighted by molar-refractivity contribution is 0.0916. The first-order valence-electron chi connectivity index (χ1n) is 8.98. The number of benzene rings is 1. The molecule has 0 unspecified atom stereocenters. The summed E-state index contributed by atoms with van der Waals surface area (Å²) in [5, 5.41) is 8.10. The second-order valence-electron chi connectivity index (χ2n) is 6.69. The molecule has 1 saturated heterocycles. The molecule has 7 heteroatoms. The zero-order chi connectivity index (χ0) is 18.5. The van der Waals surface area contributed by atoms with E-state index in [9.17, 15) is 4.79 Å². The van der Waals surface area contributed by atoms with Crippen LogP contribution in [0.1, 0.15) is 53.9 Å². The highest BCUT2D eigenvalue weighted by Crippen LogP contribution is 2.29. The van der Waals surface area contributed by atoms with Gasteiger partial charge < -0.3 is 9.84 Å². The van der Waals surface area contributed by atoms with Gasteiger partial charge in [0.2, 0.25) is 5.76 Å². The van der Waals surface area contributed by atoms with Crippen molar-refractivity contribution in [3.8, 4) is 0 Å². The van der Waals surface area contributed by atoms with Crippen molar-refractivity contribution in [3.63, 3.8) is 0 Å². The van der Waals surface area contributed by atoms with Crippen LogP contribution in [0.5, 0.6) is 0 Å². The topological polar surface area (TPSA) is 58.4 Å². The summed E-state index contributed by atoms with van der Waals surface area (Å²) in [6.45, 7) is 5.36. The van der Waals surface area contributed by atoms with E-state index in [1.165, 1.54) is 0 Å². The van der Waals surface area contributed by atoms with E-state index in [0.717, 1.165) is 50.2 Å². The van der Waals surface area contributed by atoms with Crippen LogP contribution >= 0.6 is 23.2 Å². The third-order valence-corrected chi connectivity index (χ3v) is 5.34. The van der Waals surface area contributed by atoms with Crippen LogP contribution in [0.2, 0.25) is 10.0 Å². The Morgan fingerprint density at radius 3 is 2.96 bits per heavy atom. The molecule has 0 radical (unpaired) electrons. The van der Waals surface area contributed by atoms with Crippen LogP contribution in [-0.2, 0) is 6.54 Å². The number of hydrogen-bond donors (Lipinski definition) is 1. The van der Waals surface area contributed by atoms with Crippen molar-refractivity contribution in [2.75, 3.05) is 19.6 Å². The second-order valence-corrected chi connectivity index (χ2v) is 7.51. The Hall–Kier alpha value is -1.56. The van der Waals surface area contributed by atoms with Gasteiger partial charge in [0.05, 0.1) is 15.7 Å². The van der Waals surface area contributed by atoms with Crippen LogP contribution in [0.25, 0.3) is 0 Å². The third-order valence-electron chi connectivity index (χ3n) is 4.60. The summed E-state index contributed by atoms with van der Waals surface area (Å²) in [7, 11) is 0. The highest BCUT2D eigenvalue weighted by atomic mass is 35.5. The molecule has 2 aromatic rings. The molecule has 26 heavy (non-hydrogen) atoms. The highest BCUT2D eigenvalue weighted by molar-refractivity contribution is 6.42. The van der Waals surface area contributed by atoms with Crippen LogP contribution in [0.15, 0.2) is 28.8 Å².